The highest BCUT2D eigenvalue weighted by Crippen LogP contribution is 2.11. The quantitative estimate of drug-likeness (QED) is 0.517. The second-order valence-electron chi connectivity index (χ2n) is 4.22. The van der Waals surface area contributed by atoms with Crippen LogP contribution in [-0.4, -0.2) is 35.2 Å². The smallest absolute Gasteiger partial charge is 0.252 e. The lowest BCUT2D eigenvalue weighted by Gasteiger charge is -2.07. The molecule has 1 fully saturated rings. The summed E-state index contributed by atoms with van der Waals surface area (Å²) in [6.45, 7) is 3.05. The van der Waals surface area contributed by atoms with Gasteiger partial charge >= 0.3 is 0 Å². The molecule has 7 nitrogen and oxygen atoms in total. The van der Waals surface area contributed by atoms with Crippen LogP contribution in [0.3, 0.4) is 0 Å². The molecule has 0 spiro atoms. The van der Waals surface area contributed by atoms with Crippen LogP contribution in [-0.2, 0) is 4.74 Å². The van der Waals surface area contributed by atoms with Gasteiger partial charge in [-0.2, -0.15) is 0 Å². The van der Waals surface area contributed by atoms with Gasteiger partial charge in [-0.1, -0.05) is 0 Å². The molecule has 0 radical (unpaired) electrons. The van der Waals surface area contributed by atoms with Crippen molar-refractivity contribution >= 4 is 11.9 Å². The fourth-order valence-corrected chi connectivity index (χ4v) is 1.79. The fourth-order valence-electron chi connectivity index (χ4n) is 1.79. The molecule has 1 atom stereocenters. The van der Waals surface area contributed by atoms with Gasteiger partial charge in [0.15, 0.2) is 5.96 Å². The molecule has 0 bridgehead atoms. The normalized spacial score (nSPS) is 20.1. The summed E-state index contributed by atoms with van der Waals surface area (Å²) in [5.41, 5.74) is 6.10. The zero-order valence-electron chi connectivity index (χ0n) is 10.3. The van der Waals surface area contributed by atoms with E-state index in [9.17, 15) is 4.79 Å². The zero-order chi connectivity index (χ0) is 13.0. The van der Waals surface area contributed by atoms with Gasteiger partial charge in [-0.15, -0.1) is 0 Å². The third-order valence-corrected chi connectivity index (χ3v) is 2.61. The third-order valence-electron chi connectivity index (χ3n) is 2.61. The van der Waals surface area contributed by atoms with Crippen molar-refractivity contribution in [3.8, 4) is 0 Å². The van der Waals surface area contributed by atoms with Crippen LogP contribution in [0.25, 0.3) is 0 Å². The number of aromatic nitrogens is 2. The van der Waals surface area contributed by atoms with Gasteiger partial charge in [0.25, 0.3) is 5.56 Å². The minimum atomic E-state index is -0.225. The van der Waals surface area contributed by atoms with Gasteiger partial charge in [0.2, 0.25) is 5.95 Å². The van der Waals surface area contributed by atoms with Crippen molar-refractivity contribution in [2.24, 2.45) is 10.7 Å². The van der Waals surface area contributed by atoms with Crippen molar-refractivity contribution < 1.29 is 4.74 Å². The highest BCUT2D eigenvalue weighted by molar-refractivity contribution is 5.90. The first-order valence-electron chi connectivity index (χ1n) is 5.90. The minimum Gasteiger partial charge on any atom is -0.376 e. The summed E-state index contributed by atoms with van der Waals surface area (Å²) in [5, 5.41) is 2.75. The van der Waals surface area contributed by atoms with Gasteiger partial charge in [0.1, 0.15) is 0 Å². The number of anilines is 1. The number of H-pyrrole nitrogens is 1. The van der Waals surface area contributed by atoms with Gasteiger partial charge in [-0.25, -0.2) is 4.98 Å². The van der Waals surface area contributed by atoms with Crippen LogP contribution in [0.4, 0.5) is 5.95 Å². The predicted octanol–water partition coefficient (Wildman–Crippen LogP) is -0.0161. The molecule has 2 rings (SSSR count). The Labute approximate surface area is 104 Å². The summed E-state index contributed by atoms with van der Waals surface area (Å²) in [7, 11) is 0. The molecule has 18 heavy (non-hydrogen) atoms. The molecule has 1 aromatic heterocycles. The van der Waals surface area contributed by atoms with Crippen molar-refractivity contribution in [3.63, 3.8) is 0 Å². The number of nitrogens with one attached hydrogen (secondary N) is 2. The molecule has 2 heterocycles. The number of hydrogen-bond donors (Lipinski definition) is 3. The molecule has 1 unspecified atom stereocenters. The average molecular weight is 251 g/mol. The van der Waals surface area contributed by atoms with Gasteiger partial charge in [-0.3, -0.25) is 20.1 Å². The van der Waals surface area contributed by atoms with E-state index >= 15 is 0 Å². The predicted molar refractivity (Wildman–Crippen MR) is 68.7 cm³/mol. The number of aromatic amines is 1. The number of rotatable bonds is 3. The largest absolute Gasteiger partial charge is 0.376 e. The summed E-state index contributed by atoms with van der Waals surface area (Å²) in [6, 6.07) is 1.41. The number of hydrogen-bond acceptors (Lipinski definition) is 4. The molecule has 1 aliphatic heterocycles. The molecule has 0 saturated carbocycles. The Balaban J connectivity index is 1.94. The first-order chi connectivity index (χ1) is 8.63. The summed E-state index contributed by atoms with van der Waals surface area (Å²) >= 11 is 0. The molecule has 1 saturated heterocycles. The van der Waals surface area contributed by atoms with Gasteiger partial charge in [0, 0.05) is 18.4 Å². The molecule has 1 aromatic rings. The highest BCUT2D eigenvalue weighted by atomic mass is 16.5. The van der Waals surface area contributed by atoms with Crippen LogP contribution in [0.5, 0.6) is 0 Å². The van der Waals surface area contributed by atoms with E-state index in [1.807, 2.05) is 0 Å². The molecule has 0 aliphatic carbocycles. The Morgan fingerprint density at radius 3 is 3.28 bits per heavy atom. The van der Waals surface area contributed by atoms with Crippen LogP contribution < -0.4 is 16.6 Å². The van der Waals surface area contributed by atoms with Gasteiger partial charge < -0.3 is 10.5 Å². The molecule has 7 heteroatoms. The van der Waals surface area contributed by atoms with E-state index < -0.39 is 0 Å². The van der Waals surface area contributed by atoms with E-state index in [1.165, 1.54) is 6.07 Å². The Morgan fingerprint density at radius 1 is 1.78 bits per heavy atom. The van der Waals surface area contributed by atoms with Crippen LogP contribution in [0.2, 0.25) is 0 Å². The number of aryl methyl sites for hydroxylation is 1. The monoisotopic (exact) mass is 251 g/mol. The SMILES string of the molecule is Cc1cc(=O)[nH]c(NC(N)=NCC2CCCO2)n1. The lowest BCUT2D eigenvalue weighted by atomic mass is 10.2. The van der Waals surface area contributed by atoms with Crippen molar-refractivity contribution in [1.29, 1.82) is 0 Å². The maximum absolute atomic E-state index is 11.2. The number of aliphatic imine (C=N–C) groups is 1. The maximum atomic E-state index is 11.2. The summed E-state index contributed by atoms with van der Waals surface area (Å²) in [4.78, 5) is 22.0. The minimum absolute atomic E-state index is 0.148. The van der Waals surface area contributed by atoms with Gasteiger partial charge in [0.05, 0.1) is 12.6 Å². The van der Waals surface area contributed by atoms with Gasteiger partial charge in [-0.05, 0) is 19.8 Å². The lowest BCUT2D eigenvalue weighted by molar-refractivity contribution is 0.118. The molecular formula is C11H17N5O2. The van der Waals surface area contributed by atoms with Crippen LogP contribution in [0, 0.1) is 6.92 Å². The van der Waals surface area contributed by atoms with Crippen LogP contribution in [0.15, 0.2) is 15.9 Å². The van der Waals surface area contributed by atoms with E-state index in [-0.39, 0.29) is 17.6 Å². The van der Waals surface area contributed by atoms with E-state index in [0.29, 0.717) is 18.2 Å². The summed E-state index contributed by atoms with van der Waals surface area (Å²) in [6.07, 6.45) is 2.23. The van der Waals surface area contributed by atoms with E-state index in [1.54, 1.807) is 6.92 Å². The molecule has 98 valence electrons. The van der Waals surface area contributed by atoms with E-state index in [0.717, 1.165) is 19.4 Å². The zero-order valence-corrected chi connectivity index (χ0v) is 10.3. The standard InChI is InChI=1S/C11H17N5O2/c1-7-5-9(17)15-11(14-7)16-10(12)13-6-8-3-2-4-18-8/h5,8H,2-4,6H2,1H3,(H4,12,13,14,15,16,17). The highest BCUT2D eigenvalue weighted by Gasteiger charge is 2.14. The summed E-state index contributed by atoms with van der Waals surface area (Å²) < 4.78 is 5.43. The van der Waals surface area contributed by atoms with E-state index in [4.69, 9.17) is 10.5 Å². The molecule has 0 aromatic carbocycles. The Morgan fingerprint density at radius 2 is 2.61 bits per heavy atom. The molecular weight excluding hydrogens is 234 g/mol. The van der Waals surface area contributed by atoms with Crippen LogP contribution in [0.1, 0.15) is 18.5 Å². The first-order valence-corrected chi connectivity index (χ1v) is 5.90. The summed E-state index contributed by atoms with van der Waals surface area (Å²) in [5.74, 6) is 0.521. The third kappa shape index (κ3) is 3.56. The second kappa shape index (κ2) is 5.63. The Kier molecular flexibility index (Phi) is 3.93. The molecule has 1 aliphatic rings. The number of guanidine groups is 1. The van der Waals surface area contributed by atoms with Crippen molar-refractivity contribution in [2.45, 2.75) is 25.9 Å². The van der Waals surface area contributed by atoms with E-state index in [2.05, 4.69) is 20.3 Å². The van der Waals surface area contributed by atoms with Crippen molar-refractivity contribution in [3.05, 3.63) is 22.1 Å². The molecule has 4 N–H and O–H groups in total. The molecule has 0 amide bonds. The van der Waals surface area contributed by atoms with Crippen molar-refractivity contribution in [2.75, 3.05) is 18.5 Å². The first kappa shape index (κ1) is 12.6. The number of nitrogens with two attached hydrogens (primary N) is 1. The average Bonchev–Trinajstić information content (AvgIpc) is 2.77. The van der Waals surface area contributed by atoms with Crippen molar-refractivity contribution in [1.82, 2.24) is 9.97 Å². The second-order valence-corrected chi connectivity index (χ2v) is 4.22. The Hall–Kier alpha value is -1.89. The lowest BCUT2D eigenvalue weighted by Crippen LogP contribution is -2.27. The topological polar surface area (TPSA) is 105 Å². The number of nitrogens with zero attached hydrogens (tertiary/aromatic N) is 2. The maximum Gasteiger partial charge on any atom is 0.252 e. The number of ether oxygens (including phenoxy) is 1. The van der Waals surface area contributed by atoms with Crippen LogP contribution >= 0.6 is 0 Å². The Bertz CT molecular complexity index is 490. The fraction of sp³-hybridized carbons (Fsp3) is 0.545.